The molecular formula is C7H17N3O. The molecule has 0 rings (SSSR count). The van der Waals surface area contributed by atoms with Crippen LogP contribution in [0.4, 0.5) is 4.79 Å². The van der Waals surface area contributed by atoms with E-state index >= 15 is 0 Å². The van der Waals surface area contributed by atoms with Gasteiger partial charge in [0.15, 0.2) is 0 Å². The van der Waals surface area contributed by atoms with E-state index in [-0.39, 0.29) is 5.54 Å². The number of carbonyl (C=O) groups excluding carboxylic acids is 1. The van der Waals surface area contributed by atoms with Crippen molar-refractivity contribution in [3.05, 3.63) is 0 Å². The van der Waals surface area contributed by atoms with E-state index in [1.165, 1.54) is 0 Å². The van der Waals surface area contributed by atoms with Crippen LogP contribution < -0.4 is 11.5 Å². The van der Waals surface area contributed by atoms with Crippen molar-refractivity contribution in [3.8, 4) is 0 Å². The average molecular weight is 159 g/mol. The van der Waals surface area contributed by atoms with Gasteiger partial charge in [0.05, 0.1) is 5.54 Å². The van der Waals surface area contributed by atoms with Crippen LogP contribution in [0.15, 0.2) is 0 Å². The Morgan fingerprint density at radius 2 is 2.00 bits per heavy atom. The zero-order chi connectivity index (χ0) is 9.07. The van der Waals surface area contributed by atoms with Crippen LogP contribution in [-0.2, 0) is 0 Å². The highest BCUT2D eigenvalue weighted by molar-refractivity contribution is 5.72. The lowest BCUT2D eigenvalue weighted by molar-refractivity contribution is 0.152. The van der Waals surface area contributed by atoms with Crippen molar-refractivity contribution in [3.63, 3.8) is 0 Å². The molecule has 0 unspecified atom stereocenters. The Balaban J connectivity index is 4.36. The normalized spacial score (nSPS) is 11.3. The van der Waals surface area contributed by atoms with E-state index in [0.717, 1.165) is 0 Å². The maximum absolute atomic E-state index is 10.8. The number of rotatable bonds is 3. The highest BCUT2D eigenvalue weighted by Gasteiger charge is 2.26. The van der Waals surface area contributed by atoms with Crippen molar-refractivity contribution in [2.75, 3.05) is 13.1 Å². The Morgan fingerprint density at radius 1 is 1.55 bits per heavy atom. The predicted octanol–water partition coefficient (Wildman–Crippen LogP) is 0.124. The first-order valence-electron chi connectivity index (χ1n) is 3.73. The van der Waals surface area contributed by atoms with Gasteiger partial charge in [0, 0.05) is 13.1 Å². The molecule has 0 saturated carbocycles. The number of nitrogens with zero attached hydrogens (tertiary/aromatic N) is 1. The molecule has 0 radical (unpaired) electrons. The number of nitrogens with two attached hydrogens (primary N) is 2. The Hall–Kier alpha value is -0.770. The third-order valence-electron chi connectivity index (χ3n) is 1.81. The summed E-state index contributed by atoms with van der Waals surface area (Å²) in [5, 5.41) is 0. The summed E-state index contributed by atoms with van der Waals surface area (Å²) in [5.41, 5.74) is 10.3. The molecule has 2 amide bonds. The van der Waals surface area contributed by atoms with E-state index in [2.05, 4.69) is 0 Å². The molecule has 0 bridgehead atoms. The molecule has 0 aromatic heterocycles. The number of amides is 2. The van der Waals surface area contributed by atoms with Gasteiger partial charge in [0.1, 0.15) is 0 Å². The largest absolute Gasteiger partial charge is 0.351 e. The molecule has 4 N–H and O–H groups in total. The summed E-state index contributed by atoms with van der Waals surface area (Å²) in [6.45, 7) is 6.67. The topological polar surface area (TPSA) is 72.3 Å². The van der Waals surface area contributed by atoms with Crippen LogP contribution in [0.5, 0.6) is 0 Å². The van der Waals surface area contributed by atoms with Crippen LogP contribution >= 0.6 is 0 Å². The summed E-state index contributed by atoms with van der Waals surface area (Å²) in [7, 11) is 0. The lowest BCUT2D eigenvalue weighted by atomic mass is 10.0. The van der Waals surface area contributed by atoms with Gasteiger partial charge in [-0.25, -0.2) is 4.79 Å². The molecule has 66 valence electrons. The number of carbonyl (C=O) groups is 1. The fourth-order valence-corrected chi connectivity index (χ4v) is 0.992. The monoisotopic (exact) mass is 159 g/mol. The van der Waals surface area contributed by atoms with Crippen molar-refractivity contribution >= 4 is 6.03 Å². The molecule has 0 heterocycles. The molecule has 0 saturated heterocycles. The number of urea groups is 1. The molecule has 4 nitrogen and oxygen atoms in total. The second-order valence-corrected chi connectivity index (χ2v) is 3.10. The standard InChI is InChI=1S/C7H17N3O/c1-4-10(6(9)11)7(2,3)5-8/h4-5,8H2,1-3H3,(H2,9,11). The number of hydrogen-bond donors (Lipinski definition) is 2. The fourth-order valence-electron chi connectivity index (χ4n) is 0.992. The summed E-state index contributed by atoms with van der Waals surface area (Å²) in [6.07, 6.45) is 0. The van der Waals surface area contributed by atoms with E-state index in [0.29, 0.717) is 13.1 Å². The van der Waals surface area contributed by atoms with Crippen molar-refractivity contribution in [2.45, 2.75) is 26.3 Å². The van der Waals surface area contributed by atoms with Gasteiger partial charge in [-0.1, -0.05) is 0 Å². The minimum atomic E-state index is -0.414. The van der Waals surface area contributed by atoms with Crippen LogP contribution in [0.25, 0.3) is 0 Å². The molecule has 0 aliphatic carbocycles. The highest BCUT2D eigenvalue weighted by atomic mass is 16.2. The molecule has 11 heavy (non-hydrogen) atoms. The third kappa shape index (κ3) is 2.38. The Morgan fingerprint density at radius 3 is 2.09 bits per heavy atom. The van der Waals surface area contributed by atoms with Gasteiger partial charge in [-0.3, -0.25) is 0 Å². The second kappa shape index (κ2) is 3.57. The first-order chi connectivity index (χ1) is 4.95. The molecule has 0 spiro atoms. The smallest absolute Gasteiger partial charge is 0.315 e. The number of likely N-dealkylation sites (N-methyl/N-ethyl adjacent to an activating group) is 1. The Kier molecular flexibility index (Phi) is 3.32. The van der Waals surface area contributed by atoms with Gasteiger partial charge in [0.2, 0.25) is 0 Å². The molecule has 0 aliphatic heterocycles. The summed E-state index contributed by atoms with van der Waals surface area (Å²) in [5.74, 6) is 0. The minimum absolute atomic E-state index is 0.333. The molecule has 0 atom stereocenters. The summed E-state index contributed by atoms with van der Waals surface area (Å²) in [6, 6.07) is -0.414. The van der Waals surface area contributed by atoms with E-state index in [4.69, 9.17) is 11.5 Å². The van der Waals surface area contributed by atoms with Crippen molar-refractivity contribution < 1.29 is 4.79 Å². The number of hydrogen-bond acceptors (Lipinski definition) is 2. The molecule has 0 fully saturated rings. The summed E-state index contributed by atoms with van der Waals surface area (Å²) in [4.78, 5) is 12.4. The maximum Gasteiger partial charge on any atom is 0.315 e. The van der Waals surface area contributed by atoms with Crippen LogP contribution in [0, 0.1) is 0 Å². The summed E-state index contributed by atoms with van der Waals surface area (Å²) < 4.78 is 0. The average Bonchev–Trinajstić information content (AvgIpc) is 1.88. The lowest BCUT2D eigenvalue weighted by Crippen LogP contribution is -2.54. The second-order valence-electron chi connectivity index (χ2n) is 3.10. The van der Waals surface area contributed by atoms with E-state index in [1.807, 2.05) is 20.8 Å². The van der Waals surface area contributed by atoms with Gasteiger partial charge >= 0.3 is 6.03 Å². The van der Waals surface area contributed by atoms with Gasteiger partial charge < -0.3 is 16.4 Å². The molecule has 4 heteroatoms. The molecule has 0 aromatic rings. The fraction of sp³-hybridized carbons (Fsp3) is 0.857. The minimum Gasteiger partial charge on any atom is -0.351 e. The SMILES string of the molecule is CCN(C(N)=O)C(C)(C)CN. The molecule has 0 aliphatic rings. The van der Waals surface area contributed by atoms with Crippen molar-refractivity contribution in [1.82, 2.24) is 4.90 Å². The molecule has 0 aromatic carbocycles. The quantitative estimate of drug-likeness (QED) is 0.614. The zero-order valence-electron chi connectivity index (χ0n) is 7.42. The Bertz CT molecular complexity index is 145. The number of primary amides is 1. The van der Waals surface area contributed by atoms with Crippen molar-refractivity contribution in [1.29, 1.82) is 0 Å². The highest BCUT2D eigenvalue weighted by Crippen LogP contribution is 2.10. The van der Waals surface area contributed by atoms with Gasteiger partial charge in [-0.15, -0.1) is 0 Å². The van der Waals surface area contributed by atoms with E-state index in [9.17, 15) is 4.79 Å². The van der Waals surface area contributed by atoms with Crippen molar-refractivity contribution in [2.24, 2.45) is 11.5 Å². The van der Waals surface area contributed by atoms with Gasteiger partial charge in [0.25, 0.3) is 0 Å². The third-order valence-corrected chi connectivity index (χ3v) is 1.81. The van der Waals surface area contributed by atoms with Crippen LogP contribution in [-0.4, -0.2) is 29.6 Å². The van der Waals surface area contributed by atoms with E-state index < -0.39 is 6.03 Å². The van der Waals surface area contributed by atoms with Crippen LogP contribution in [0.2, 0.25) is 0 Å². The van der Waals surface area contributed by atoms with Crippen LogP contribution in [0.1, 0.15) is 20.8 Å². The zero-order valence-corrected chi connectivity index (χ0v) is 7.42. The van der Waals surface area contributed by atoms with Gasteiger partial charge in [-0.05, 0) is 20.8 Å². The molecular weight excluding hydrogens is 142 g/mol. The first-order valence-corrected chi connectivity index (χ1v) is 3.73. The lowest BCUT2D eigenvalue weighted by Gasteiger charge is -2.35. The van der Waals surface area contributed by atoms with E-state index in [1.54, 1.807) is 4.90 Å². The first kappa shape index (κ1) is 10.2. The maximum atomic E-state index is 10.8. The predicted molar refractivity (Wildman–Crippen MR) is 45.1 cm³/mol. The Labute approximate surface area is 67.5 Å². The summed E-state index contributed by atoms with van der Waals surface area (Å²) >= 11 is 0. The van der Waals surface area contributed by atoms with Gasteiger partial charge in [-0.2, -0.15) is 0 Å². The van der Waals surface area contributed by atoms with Crippen LogP contribution in [0.3, 0.4) is 0 Å².